The summed E-state index contributed by atoms with van der Waals surface area (Å²) < 4.78 is 0. The first kappa shape index (κ1) is 14.9. The van der Waals surface area contributed by atoms with Gasteiger partial charge in [-0.3, -0.25) is 4.79 Å². The second-order valence-electron chi connectivity index (χ2n) is 6.50. The van der Waals surface area contributed by atoms with Crippen molar-refractivity contribution in [2.45, 2.75) is 38.1 Å². The van der Waals surface area contributed by atoms with Crippen molar-refractivity contribution in [1.82, 2.24) is 10.3 Å². The van der Waals surface area contributed by atoms with Crippen LogP contribution >= 0.6 is 0 Å². The van der Waals surface area contributed by atoms with Gasteiger partial charge in [0.05, 0.1) is 17.3 Å². The fourth-order valence-corrected chi connectivity index (χ4v) is 4.15. The lowest BCUT2D eigenvalue weighted by atomic mass is 9.79. The zero-order chi connectivity index (χ0) is 16.7. The number of urea groups is 1. The summed E-state index contributed by atoms with van der Waals surface area (Å²) in [6.07, 6.45) is 3.91. The van der Waals surface area contributed by atoms with E-state index in [0.717, 1.165) is 31.5 Å². The maximum atomic E-state index is 12.5. The molecule has 124 valence electrons. The second-order valence-corrected chi connectivity index (χ2v) is 6.50. The molecule has 0 fully saturated rings. The molecule has 6 heteroatoms. The van der Waals surface area contributed by atoms with Crippen molar-refractivity contribution in [1.29, 1.82) is 0 Å². The molecular weight excluding hydrogens is 304 g/mol. The van der Waals surface area contributed by atoms with E-state index < -0.39 is 6.03 Å². The van der Waals surface area contributed by atoms with Crippen molar-refractivity contribution in [2.75, 3.05) is 6.54 Å². The van der Waals surface area contributed by atoms with Gasteiger partial charge in [0, 0.05) is 25.1 Å². The number of Topliss-reactive ketones (excluding diaryl/α,β-unsaturated/α-hetero) is 1. The number of allylic oxidation sites excluding steroid dienone is 2. The molecule has 0 unspecified atom stereocenters. The maximum Gasteiger partial charge on any atom is 0.332 e. The molecule has 3 aliphatic rings. The SMILES string of the molecule is NC(=O)NN=C1C[C@H]2c3ccccc3CCN2C2=C1C(=O)CCC2. The number of carbonyl (C=O) groups is 2. The predicted octanol–water partition coefficient (Wildman–Crippen LogP) is 2.02. The summed E-state index contributed by atoms with van der Waals surface area (Å²) in [6, 6.07) is 7.90. The highest BCUT2D eigenvalue weighted by atomic mass is 16.2. The van der Waals surface area contributed by atoms with Gasteiger partial charge < -0.3 is 10.6 Å². The van der Waals surface area contributed by atoms with Crippen LogP contribution in [0.1, 0.15) is 42.9 Å². The molecule has 6 nitrogen and oxygen atoms in total. The molecule has 3 N–H and O–H groups in total. The third-order valence-corrected chi connectivity index (χ3v) is 5.12. The molecule has 24 heavy (non-hydrogen) atoms. The minimum Gasteiger partial charge on any atom is -0.366 e. The van der Waals surface area contributed by atoms with Gasteiger partial charge in [-0.2, -0.15) is 5.10 Å². The Balaban J connectivity index is 1.81. The van der Waals surface area contributed by atoms with Crippen molar-refractivity contribution in [3.8, 4) is 0 Å². The lowest BCUT2D eigenvalue weighted by Crippen LogP contribution is -2.43. The van der Waals surface area contributed by atoms with E-state index in [1.54, 1.807) is 0 Å². The van der Waals surface area contributed by atoms with Crippen molar-refractivity contribution in [3.05, 3.63) is 46.7 Å². The van der Waals surface area contributed by atoms with Gasteiger partial charge in [-0.15, -0.1) is 0 Å². The zero-order valence-corrected chi connectivity index (χ0v) is 13.4. The standard InChI is InChI=1S/C18H20N4O2/c19-18(24)21-20-13-10-15-12-5-2-1-4-11(12)8-9-22(15)14-6-3-7-16(23)17(13)14/h1-2,4-5,15H,3,6-10H2,(H3,19,21,24)/t15-/m0/s1. The van der Waals surface area contributed by atoms with Crippen molar-refractivity contribution in [3.63, 3.8) is 0 Å². The zero-order valence-electron chi connectivity index (χ0n) is 13.4. The number of nitrogens with two attached hydrogens (primary N) is 1. The molecule has 0 spiro atoms. The minimum atomic E-state index is -0.709. The number of rotatable bonds is 1. The van der Waals surface area contributed by atoms with Gasteiger partial charge in [-0.1, -0.05) is 24.3 Å². The van der Waals surface area contributed by atoms with Gasteiger partial charge in [0.1, 0.15) is 0 Å². The van der Waals surface area contributed by atoms with Crippen molar-refractivity contribution in [2.24, 2.45) is 10.8 Å². The lowest BCUT2D eigenvalue weighted by Gasteiger charge is -2.45. The van der Waals surface area contributed by atoms with Crippen LogP contribution in [0, 0.1) is 0 Å². The van der Waals surface area contributed by atoms with Gasteiger partial charge in [0.15, 0.2) is 5.78 Å². The summed E-state index contributed by atoms with van der Waals surface area (Å²) in [7, 11) is 0. The van der Waals surface area contributed by atoms with E-state index in [-0.39, 0.29) is 11.8 Å². The minimum absolute atomic E-state index is 0.124. The molecule has 0 aromatic heterocycles. The average Bonchev–Trinajstić information content (AvgIpc) is 2.59. The molecule has 0 saturated carbocycles. The predicted molar refractivity (Wildman–Crippen MR) is 90.2 cm³/mol. The quantitative estimate of drug-likeness (QED) is 0.775. The van der Waals surface area contributed by atoms with Gasteiger partial charge in [-0.25, -0.2) is 10.2 Å². The van der Waals surface area contributed by atoms with E-state index in [2.05, 4.69) is 39.7 Å². The van der Waals surface area contributed by atoms with E-state index in [4.69, 9.17) is 5.73 Å². The number of nitrogens with one attached hydrogen (secondary N) is 1. The number of hydrogen-bond acceptors (Lipinski definition) is 4. The molecule has 2 amide bonds. The first-order chi connectivity index (χ1) is 11.6. The van der Waals surface area contributed by atoms with E-state index in [0.29, 0.717) is 24.1 Å². The maximum absolute atomic E-state index is 12.5. The van der Waals surface area contributed by atoms with Crippen molar-refractivity contribution < 1.29 is 9.59 Å². The molecule has 0 saturated heterocycles. The number of hydrogen-bond donors (Lipinski definition) is 2. The van der Waals surface area contributed by atoms with Crippen LogP contribution in [0.25, 0.3) is 0 Å². The Labute approximate surface area is 140 Å². The highest BCUT2D eigenvalue weighted by molar-refractivity contribution is 6.24. The van der Waals surface area contributed by atoms with Gasteiger partial charge >= 0.3 is 6.03 Å². The summed E-state index contributed by atoms with van der Waals surface area (Å²) in [6.45, 7) is 0.921. The smallest absolute Gasteiger partial charge is 0.332 e. The molecule has 1 aliphatic carbocycles. The lowest BCUT2D eigenvalue weighted by molar-refractivity contribution is -0.115. The third-order valence-electron chi connectivity index (χ3n) is 5.12. The fraction of sp³-hybridized carbons (Fsp3) is 0.389. The number of ketones is 1. The number of benzene rings is 1. The monoisotopic (exact) mass is 324 g/mol. The van der Waals surface area contributed by atoms with Gasteiger partial charge in [0.25, 0.3) is 0 Å². The summed E-state index contributed by atoms with van der Waals surface area (Å²) >= 11 is 0. The Morgan fingerprint density at radius 1 is 1.25 bits per heavy atom. The highest BCUT2D eigenvalue weighted by Crippen LogP contribution is 2.43. The Kier molecular flexibility index (Phi) is 3.59. The molecule has 1 atom stereocenters. The van der Waals surface area contributed by atoms with E-state index in [1.807, 2.05) is 0 Å². The van der Waals surface area contributed by atoms with Crippen LogP contribution in [0.15, 0.2) is 40.6 Å². The second kappa shape index (κ2) is 5.78. The van der Waals surface area contributed by atoms with E-state index in [1.165, 1.54) is 11.1 Å². The first-order valence-corrected chi connectivity index (χ1v) is 8.38. The molecular formula is C18H20N4O2. The number of nitrogens with zero attached hydrogens (tertiary/aromatic N) is 2. The number of amides is 2. The Hall–Kier alpha value is -2.63. The van der Waals surface area contributed by atoms with Crippen LogP contribution in [0.2, 0.25) is 0 Å². The van der Waals surface area contributed by atoms with Gasteiger partial charge in [0.2, 0.25) is 0 Å². The normalized spacial score (nSPS) is 24.3. The molecule has 2 heterocycles. The summed E-state index contributed by atoms with van der Waals surface area (Å²) in [5.74, 6) is 0.124. The molecule has 1 aromatic carbocycles. The van der Waals surface area contributed by atoms with Crippen molar-refractivity contribution >= 4 is 17.5 Å². The molecule has 0 radical (unpaired) electrons. The Morgan fingerprint density at radius 3 is 2.92 bits per heavy atom. The van der Waals surface area contributed by atoms with Crippen LogP contribution in [-0.4, -0.2) is 29.0 Å². The Morgan fingerprint density at radius 2 is 2.08 bits per heavy atom. The third kappa shape index (κ3) is 2.38. The molecule has 0 bridgehead atoms. The van der Waals surface area contributed by atoms with E-state index >= 15 is 0 Å². The number of fused-ring (bicyclic) bond motifs is 4. The van der Waals surface area contributed by atoms with Crippen LogP contribution in [0.3, 0.4) is 0 Å². The van der Waals surface area contributed by atoms with Crippen LogP contribution < -0.4 is 11.2 Å². The highest BCUT2D eigenvalue weighted by Gasteiger charge is 2.39. The van der Waals surface area contributed by atoms with Gasteiger partial charge in [-0.05, 0) is 30.4 Å². The van der Waals surface area contributed by atoms with Crippen LogP contribution in [0.4, 0.5) is 4.79 Å². The summed E-state index contributed by atoms with van der Waals surface area (Å²) in [4.78, 5) is 25.9. The molecule has 2 aliphatic heterocycles. The fourth-order valence-electron chi connectivity index (χ4n) is 4.15. The number of hydrazone groups is 1. The molecule has 1 aromatic rings. The largest absolute Gasteiger partial charge is 0.366 e. The first-order valence-electron chi connectivity index (χ1n) is 8.38. The van der Waals surface area contributed by atoms with Crippen LogP contribution in [0.5, 0.6) is 0 Å². The average molecular weight is 324 g/mol. The molecule has 4 rings (SSSR count). The number of carbonyl (C=O) groups excluding carboxylic acids is 2. The summed E-state index contributed by atoms with van der Waals surface area (Å²) in [5.41, 5.74) is 12.6. The number of primary amides is 1. The van der Waals surface area contributed by atoms with Crippen LogP contribution in [-0.2, 0) is 11.2 Å². The topological polar surface area (TPSA) is 87.8 Å². The summed E-state index contributed by atoms with van der Waals surface area (Å²) in [5, 5.41) is 4.17. The van der Waals surface area contributed by atoms with E-state index in [9.17, 15) is 9.59 Å². The Bertz CT molecular complexity index is 781.